The third-order valence-electron chi connectivity index (χ3n) is 6.31. The molecule has 0 bridgehead atoms. The summed E-state index contributed by atoms with van der Waals surface area (Å²) in [5.41, 5.74) is 1.43. The number of hydrogen-bond acceptors (Lipinski definition) is 5. The summed E-state index contributed by atoms with van der Waals surface area (Å²) in [6.07, 6.45) is 2.35. The summed E-state index contributed by atoms with van der Waals surface area (Å²) >= 11 is 0. The molecule has 0 saturated carbocycles. The molecule has 1 aromatic heterocycles. The monoisotopic (exact) mass is 439 g/mol. The van der Waals surface area contributed by atoms with Crippen LogP contribution in [0.5, 0.6) is 0 Å². The predicted octanol–water partition coefficient (Wildman–Crippen LogP) is 2.82. The first-order valence-corrected chi connectivity index (χ1v) is 11.3. The minimum Gasteiger partial charge on any atom is -0.356 e. The summed E-state index contributed by atoms with van der Waals surface area (Å²) in [6, 6.07) is 7.63. The Balaban J connectivity index is 1.31. The molecule has 2 aliphatic rings. The fourth-order valence-corrected chi connectivity index (χ4v) is 4.59. The summed E-state index contributed by atoms with van der Waals surface area (Å²) in [5.74, 6) is 1.44. The number of aryl methyl sites for hydroxylation is 2. The molecule has 0 unspecified atom stereocenters. The first-order valence-electron chi connectivity index (χ1n) is 11.3. The van der Waals surface area contributed by atoms with Crippen molar-refractivity contribution in [3.63, 3.8) is 0 Å². The van der Waals surface area contributed by atoms with E-state index in [0.29, 0.717) is 31.7 Å². The lowest BCUT2D eigenvalue weighted by molar-refractivity contribution is -0.136. The molecule has 2 aliphatic heterocycles. The molecule has 0 aliphatic carbocycles. The van der Waals surface area contributed by atoms with Crippen molar-refractivity contribution in [1.82, 2.24) is 19.8 Å². The standard InChI is InChI=1S/C24H30FN5O2/c1-17-16-22(27-18(2)26-17)28-12-8-20(9-13-28)24(32)30-11-3-10-29(14-15-30)23(31)19-4-6-21(25)7-5-19/h4-7,16,20H,3,8-15H2,1-2H3. The zero-order valence-corrected chi connectivity index (χ0v) is 18.8. The van der Waals surface area contributed by atoms with Crippen LogP contribution in [0.1, 0.15) is 41.1 Å². The number of rotatable bonds is 3. The largest absolute Gasteiger partial charge is 0.356 e. The van der Waals surface area contributed by atoms with Crippen molar-refractivity contribution in [2.24, 2.45) is 5.92 Å². The van der Waals surface area contributed by atoms with E-state index in [1.54, 1.807) is 4.90 Å². The Labute approximate surface area is 188 Å². The number of amides is 2. The van der Waals surface area contributed by atoms with Gasteiger partial charge in [-0.25, -0.2) is 14.4 Å². The highest BCUT2D eigenvalue weighted by molar-refractivity contribution is 5.94. The number of piperidine rings is 1. The zero-order valence-electron chi connectivity index (χ0n) is 18.8. The molecule has 0 radical (unpaired) electrons. The van der Waals surface area contributed by atoms with E-state index < -0.39 is 0 Å². The van der Waals surface area contributed by atoms with Crippen LogP contribution in [0.3, 0.4) is 0 Å². The summed E-state index contributed by atoms with van der Waals surface area (Å²) in [6.45, 7) is 7.77. The van der Waals surface area contributed by atoms with E-state index in [1.807, 2.05) is 24.8 Å². The second-order valence-corrected chi connectivity index (χ2v) is 8.65. The van der Waals surface area contributed by atoms with Crippen molar-refractivity contribution in [2.45, 2.75) is 33.1 Å². The normalized spacial score (nSPS) is 17.9. The lowest BCUT2D eigenvalue weighted by Gasteiger charge is -2.34. The molecular weight excluding hydrogens is 409 g/mol. The van der Waals surface area contributed by atoms with Gasteiger partial charge >= 0.3 is 0 Å². The maximum absolute atomic E-state index is 13.2. The Kier molecular flexibility index (Phi) is 6.67. The van der Waals surface area contributed by atoms with Crippen LogP contribution in [-0.2, 0) is 4.79 Å². The number of halogens is 1. The summed E-state index contributed by atoms with van der Waals surface area (Å²) in [4.78, 5) is 40.7. The molecule has 2 aromatic rings. The van der Waals surface area contributed by atoms with Crippen LogP contribution in [0.2, 0.25) is 0 Å². The van der Waals surface area contributed by atoms with Gasteiger partial charge in [-0.3, -0.25) is 9.59 Å². The molecule has 4 rings (SSSR count). The third kappa shape index (κ3) is 5.06. The topological polar surface area (TPSA) is 69.6 Å². The van der Waals surface area contributed by atoms with E-state index in [1.165, 1.54) is 24.3 Å². The fraction of sp³-hybridized carbons (Fsp3) is 0.500. The molecule has 2 fully saturated rings. The summed E-state index contributed by atoms with van der Waals surface area (Å²) < 4.78 is 13.2. The van der Waals surface area contributed by atoms with Gasteiger partial charge in [-0.05, 0) is 57.4 Å². The Morgan fingerprint density at radius 3 is 2.25 bits per heavy atom. The number of anilines is 1. The lowest BCUT2D eigenvalue weighted by atomic mass is 9.95. The Morgan fingerprint density at radius 2 is 1.56 bits per heavy atom. The van der Waals surface area contributed by atoms with Gasteiger partial charge in [0.2, 0.25) is 5.91 Å². The highest BCUT2D eigenvalue weighted by Gasteiger charge is 2.31. The van der Waals surface area contributed by atoms with E-state index in [0.717, 1.165) is 49.7 Å². The second-order valence-electron chi connectivity index (χ2n) is 8.65. The maximum atomic E-state index is 13.2. The van der Waals surface area contributed by atoms with Crippen molar-refractivity contribution in [3.8, 4) is 0 Å². The summed E-state index contributed by atoms with van der Waals surface area (Å²) in [7, 11) is 0. The van der Waals surface area contributed by atoms with E-state index in [2.05, 4.69) is 14.9 Å². The van der Waals surface area contributed by atoms with Crippen molar-refractivity contribution in [1.29, 1.82) is 0 Å². The molecule has 32 heavy (non-hydrogen) atoms. The lowest BCUT2D eigenvalue weighted by Crippen LogP contribution is -2.44. The minimum atomic E-state index is -0.356. The van der Waals surface area contributed by atoms with Crippen molar-refractivity contribution >= 4 is 17.6 Å². The van der Waals surface area contributed by atoms with Crippen molar-refractivity contribution < 1.29 is 14.0 Å². The predicted molar refractivity (Wildman–Crippen MR) is 120 cm³/mol. The molecule has 8 heteroatoms. The van der Waals surface area contributed by atoms with Gasteiger partial charge < -0.3 is 14.7 Å². The van der Waals surface area contributed by atoms with Crippen LogP contribution >= 0.6 is 0 Å². The molecule has 2 saturated heterocycles. The molecule has 0 atom stereocenters. The van der Waals surface area contributed by atoms with E-state index in [-0.39, 0.29) is 23.5 Å². The average molecular weight is 440 g/mol. The molecule has 1 aromatic carbocycles. The molecule has 3 heterocycles. The molecule has 0 spiro atoms. The van der Waals surface area contributed by atoms with Crippen LogP contribution in [0.25, 0.3) is 0 Å². The first-order chi connectivity index (χ1) is 15.4. The number of hydrogen-bond donors (Lipinski definition) is 0. The highest BCUT2D eigenvalue weighted by Crippen LogP contribution is 2.24. The Bertz CT molecular complexity index is 953. The van der Waals surface area contributed by atoms with Crippen LogP contribution in [0.15, 0.2) is 30.3 Å². The second kappa shape index (κ2) is 9.63. The van der Waals surface area contributed by atoms with E-state index in [9.17, 15) is 14.0 Å². The molecule has 2 amide bonds. The quantitative estimate of drug-likeness (QED) is 0.736. The van der Waals surface area contributed by atoms with Crippen molar-refractivity contribution in [2.75, 3.05) is 44.2 Å². The Morgan fingerprint density at radius 1 is 0.906 bits per heavy atom. The van der Waals surface area contributed by atoms with Gasteiger partial charge in [0.25, 0.3) is 5.91 Å². The van der Waals surface area contributed by atoms with Gasteiger partial charge in [0, 0.05) is 62.5 Å². The number of carbonyl (C=O) groups excluding carboxylic acids is 2. The van der Waals surface area contributed by atoms with Gasteiger partial charge in [-0.2, -0.15) is 0 Å². The van der Waals surface area contributed by atoms with Gasteiger partial charge in [-0.1, -0.05) is 0 Å². The molecule has 170 valence electrons. The molecule has 0 N–H and O–H groups in total. The number of carbonyl (C=O) groups is 2. The van der Waals surface area contributed by atoms with Gasteiger partial charge in [0.1, 0.15) is 17.5 Å². The van der Waals surface area contributed by atoms with E-state index >= 15 is 0 Å². The van der Waals surface area contributed by atoms with Gasteiger partial charge in [-0.15, -0.1) is 0 Å². The highest BCUT2D eigenvalue weighted by atomic mass is 19.1. The minimum absolute atomic E-state index is 0.00892. The van der Waals surface area contributed by atoms with Crippen molar-refractivity contribution in [3.05, 3.63) is 53.2 Å². The third-order valence-corrected chi connectivity index (χ3v) is 6.31. The number of aromatic nitrogens is 2. The first kappa shape index (κ1) is 22.2. The smallest absolute Gasteiger partial charge is 0.253 e. The number of benzene rings is 1. The average Bonchev–Trinajstić information content (AvgIpc) is 3.04. The fourth-order valence-electron chi connectivity index (χ4n) is 4.59. The van der Waals surface area contributed by atoms with Gasteiger partial charge in [0.05, 0.1) is 0 Å². The number of nitrogens with zero attached hydrogens (tertiary/aromatic N) is 5. The SMILES string of the molecule is Cc1cc(N2CCC(C(=O)N3CCCN(C(=O)c4ccc(F)cc4)CC3)CC2)nc(C)n1. The van der Waals surface area contributed by atoms with Crippen LogP contribution in [0.4, 0.5) is 10.2 Å². The maximum Gasteiger partial charge on any atom is 0.253 e. The van der Waals surface area contributed by atoms with Gasteiger partial charge in [0.15, 0.2) is 0 Å². The van der Waals surface area contributed by atoms with Crippen LogP contribution < -0.4 is 4.90 Å². The van der Waals surface area contributed by atoms with Crippen LogP contribution in [-0.4, -0.2) is 70.9 Å². The molecular formula is C24H30FN5O2. The zero-order chi connectivity index (χ0) is 22.7. The summed E-state index contributed by atoms with van der Waals surface area (Å²) in [5, 5.41) is 0. The molecule has 7 nitrogen and oxygen atoms in total. The Hall–Kier alpha value is -3.03. The van der Waals surface area contributed by atoms with Crippen LogP contribution in [0, 0.1) is 25.6 Å². The van der Waals surface area contributed by atoms with E-state index in [4.69, 9.17) is 0 Å².